The minimum atomic E-state index is -0.599. The van der Waals surface area contributed by atoms with Gasteiger partial charge in [0.25, 0.3) is 0 Å². The molecule has 0 bridgehead atoms. The average molecular weight is 762 g/mol. The van der Waals surface area contributed by atoms with Crippen LogP contribution in [0.15, 0.2) is 60.7 Å². The third-order valence-corrected chi connectivity index (χ3v) is 12.5. The van der Waals surface area contributed by atoms with Crippen molar-refractivity contribution >= 4 is 73.9 Å². The van der Waals surface area contributed by atoms with E-state index in [9.17, 15) is 19.5 Å². The van der Waals surface area contributed by atoms with Gasteiger partial charge in [-0.05, 0) is 40.2 Å². The van der Waals surface area contributed by atoms with Gasteiger partial charge in [0.05, 0.1) is 17.5 Å². The summed E-state index contributed by atoms with van der Waals surface area (Å²) in [4.78, 5) is 42.8. The summed E-state index contributed by atoms with van der Waals surface area (Å²) in [5.41, 5.74) is 3.41. The van der Waals surface area contributed by atoms with Crippen LogP contribution in [0.4, 0.5) is 11.4 Å². The molecule has 3 heterocycles. The summed E-state index contributed by atoms with van der Waals surface area (Å²) < 4.78 is 18.5. The molecule has 0 aliphatic carbocycles. The van der Waals surface area contributed by atoms with Gasteiger partial charge in [-0.25, -0.2) is 0 Å². The van der Waals surface area contributed by atoms with Gasteiger partial charge in [0, 0.05) is 85.3 Å². The van der Waals surface area contributed by atoms with E-state index in [4.69, 9.17) is 37.4 Å². The maximum absolute atomic E-state index is 14.0. The fourth-order valence-corrected chi connectivity index (χ4v) is 8.96. The Hall–Kier alpha value is -4.05. The number of alkyl halides is 2. The third-order valence-electron chi connectivity index (χ3n) is 11.7. The van der Waals surface area contributed by atoms with Crippen LogP contribution >= 0.6 is 23.2 Å². The van der Waals surface area contributed by atoms with Crippen LogP contribution in [-0.4, -0.2) is 66.7 Å². The average Bonchev–Trinajstić information content (AvgIpc) is 3.73. The molecule has 2 amide bonds. The van der Waals surface area contributed by atoms with Crippen molar-refractivity contribution < 1.29 is 33.7 Å². The first-order chi connectivity index (χ1) is 25.5. The largest absolute Gasteiger partial charge is 0.507 e. The van der Waals surface area contributed by atoms with Gasteiger partial charge in [-0.3, -0.25) is 14.4 Å². The highest BCUT2D eigenvalue weighted by atomic mass is 35.5. The predicted octanol–water partition coefficient (Wildman–Crippen LogP) is 8.48. The molecular formula is C42H46Cl2N2O7. The number of fused-ring (bicyclic) bond motifs is 6. The summed E-state index contributed by atoms with van der Waals surface area (Å²) in [6.45, 7) is 8.77. The Morgan fingerprint density at radius 1 is 0.774 bits per heavy atom. The number of rotatable bonds is 10. The number of anilines is 2. The first-order valence-corrected chi connectivity index (χ1v) is 19.6. The van der Waals surface area contributed by atoms with Crippen molar-refractivity contribution in [1.29, 1.82) is 0 Å². The van der Waals surface area contributed by atoms with Crippen LogP contribution in [0.5, 0.6) is 11.5 Å². The lowest BCUT2D eigenvalue weighted by Crippen LogP contribution is -2.49. The molecule has 0 saturated carbocycles. The van der Waals surface area contributed by atoms with Crippen molar-refractivity contribution in [2.45, 2.75) is 71.2 Å². The lowest BCUT2D eigenvalue weighted by molar-refractivity contribution is -0.223. The maximum atomic E-state index is 14.0. The van der Waals surface area contributed by atoms with Crippen molar-refractivity contribution in [3.63, 3.8) is 0 Å². The predicted molar refractivity (Wildman–Crippen MR) is 208 cm³/mol. The number of carbonyl (C=O) groups is 3. The number of esters is 1. The zero-order valence-corrected chi connectivity index (χ0v) is 32.0. The number of ether oxygens (including phenoxy) is 3. The molecule has 9 nitrogen and oxygen atoms in total. The second-order valence-electron chi connectivity index (χ2n) is 14.8. The van der Waals surface area contributed by atoms with Crippen LogP contribution in [0.1, 0.15) is 69.9 Å². The molecule has 1 N–H and O–H groups in total. The van der Waals surface area contributed by atoms with E-state index in [1.807, 2.05) is 54.6 Å². The molecule has 7 rings (SSSR count). The summed E-state index contributed by atoms with van der Waals surface area (Å²) in [7, 11) is 0. The van der Waals surface area contributed by atoms with Gasteiger partial charge in [-0.1, -0.05) is 69.3 Å². The molecule has 1 fully saturated rings. The molecule has 0 spiro atoms. The van der Waals surface area contributed by atoms with E-state index >= 15 is 0 Å². The van der Waals surface area contributed by atoms with Crippen molar-refractivity contribution in [2.75, 3.05) is 41.3 Å². The van der Waals surface area contributed by atoms with Gasteiger partial charge in [-0.15, -0.1) is 23.2 Å². The molecule has 280 valence electrons. The van der Waals surface area contributed by atoms with Gasteiger partial charge in [0.2, 0.25) is 18.1 Å². The van der Waals surface area contributed by atoms with Crippen LogP contribution in [0.3, 0.4) is 0 Å². The number of aromatic hydroxyl groups is 1. The monoisotopic (exact) mass is 760 g/mol. The number of benzene rings is 4. The van der Waals surface area contributed by atoms with E-state index in [0.717, 1.165) is 38.4 Å². The number of hydrogen-bond donors (Lipinski definition) is 1. The van der Waals surface area contributed by atoms with E-state index in [2.05, 4.69) is 20.8 Å². The normalized spacial score (nSPS) is 25.1. The Bertz CT molecular complexity index is 2060. The Kier molecular flexibility index (Phi) is 10.8. The lowest BCUT2D eigenvalue weighted by Gasteiger charge is -2.43. The van der Waals surface area contributed by atoms with Crippen LogP contribution < -0.4 is 14.5 Å². The SMILES string of the molecule is CC(=O)OCC1OC(Oc2cc3c(c4ccccc24)[C@H](CCl)CN3C(=O)CCCC(=O)N2C[C@@H](CCl)c3c2cc(O)c2ccccc32)C(C)C(C)C1C. The Morgan fingerprint density at radius 3 is 1.87 bits per heavy atom. The highest BCUT2D eigenvalue weighted by Gasteiger charge is 2.42. The fraction of sp³-hybridized carbons (Fsp3) is 0.452. The summed E-state index contributed by atoms with van der Waals surface area (Å²) in [6.07, 6.45) is -0.228. The molecule has 53 heavy (non-hydrogen) atoms. The zero-order valence-electron chi connectivity index (χ0n) is 30.5. The third kappa shape index (κ3) is 6.92. The van der Waals surface area contributed by atoms with Crippen molar-refractivity contribution in [3.8, 4) is 11.5 Å². The molecule has 5 unspecified atom stereocenters. The molecule has 11 heteroatoms. The maximum Gasteiger partial charge on any atom is 0.302 e. The number of carbonyl (C=O) groups excluding carboxylic acids is 3. The van der Waals surface area contributed by atoms with E-state index in [1.54, 1.807) is 15.9 Å². The van der Waals surface area contributed by atoms with Gasteiger partial charge < -0.3 is 29.1 Å². The first-order valence-electron chi connectivity index (χ1n) is 18.5. The number of hydrogen-bond acceptors (Lipinski definition) is 7. The molecule has 4 aromatic carbocycles. The van der Waals surface area contributed by atoms with Crippen LogP contribution in [-0.2, 0) is 23.9 Å². The van der Waals surface area contributed by atoms with Crippen LogP contribution in [0.25, 0.3) is 21.5 Å². The van der Waals surface area contributed by atoms with E-state index in [-0.39, 0.29) is 78.7 Å². The van der Waals surface area contributed by atoms with Crippen molar-refractivity contribution in [3.05, 3.63) is 71.8 Å². The highest BCUT2D eigenvalue weighted by molar-refractivity contribution is 6.19. The summed E-state index contributed by atoms with van der Waals surface area (Å²) in [5, 5.41) is 14.3. The molecule has 3 aliphatic heterocycles. The Balaban J connectivity index is 1.10. The van der Waals surface area contributed by atoms with Crippen molar-refractivity contribution in [1.82, 2.24) is 0 Å². The van der Waals surface area contributed by atoms with Gasteiger partial charge in [-0.2, -0.15) is 0 Å². The molecule has 1 saturated heterocycles. The minimum Gasteiger partial charge on any atom is -0.507 e. The standard InChI is InChI=1S/C42H46Cl2N2O7/c1-23-24(2)37(22-51-26(4)47)53-42(25(23)3)52-36-17-34-41(32-13-8-6-11-30(32)36)28(19-44)21-46(34)39(50)15-9-14-38(49)45-20-27(18-43)40-31-12-7-5-10-29(31)35(48)16-33(40)45/h5-8,10-13,16-17,23-25,27-28,37,42,48H,9,14-15,18-22H2,1-4H3/t23?,24?,25?,27-,28-,37?,42?/m1/s1. The van der Waals surface area contributed by atoms with Crippen LogP contribution in [0, 0.1) is 17.8 Å². The van der Waals surface area contributed by atoms with E-state index < -0.39 is 6.29 Å². The summed E-state index contributed by atoms with van der Waals surface area (Å²) >= 11 is 12.9. The number of phenolic OH excluding ortho intramolecular Hbond substituents is 1. The fourth-order valence-electron chi connectivity index (χ4n) is 8.46. The molecule has 4 aromatic rings. The Labute approximate surface area is 320 Å². The van der Waals surface area contributed by atoms with Gasteiger partial charge >= 0.3 is 5.97 Å². The number of phenols is 1. The van der Waals surface area contributed by atoms with E-state index in [1.165, 1.54) is 6.92 Å². The minimum absolute atomic E-state index is 0.0430. The number of amides is 2. The topological polar surface area (TPSA) is 106 Å². The molecule has 0 aromatic heterocycles. The second-order valence-corrected chi connectivity index (χ2v) is 15.4. The smallest absolute Gasteiger partial charge is 0.302 e. The summed E-state index contributed by atoms with van der Waals surface area (Å²) in [6, 6.07) is 19.2. The molecule has 0 radical (unpaired) electrons. The molecule has 3 aliphatic rings. The number of halogens is 2. The molecular weight excluding hydrogens is 715 g/mol. The van der Waals surface area contributed by atoms with Crippen molar-refractivity contribution in [2.24, 2.45) is 17.8 Å². The Morgan fingerprint density at radius 2 is 1.30 bits per heavy atom. The lowest BCUT2D eigenvalue weighted by atomic mass is 9.79. The quantitative estimate of drug-likeness (QED) is 0.128. The van der Waals surface area contributed by atoms with E-state index in [0.29, 0.717) is 42.7 Å². The van der Waals surface area contributed by atoms with Gasteiger partial charge in [0.1, 0.15) is 18.1 Å². The van der Waals surface area contributed by atoms with Crippen LogP contribution in [0.2, 0.25) is 0 Å². The van der Waals surface area contributed by atoms with Gasteiger partial charge in [0.15, 0.2) is 0 Å². The summed E-state index contributed by atoms with van der Waals surface area (Å²) in [5.74, 6) is 1.14. The molecule has 7 atom stereocenters. The highest BCUT2D eigenvalue weighted by Crippen LogP contribution is 2.48. The zero-order chi connectivity index (χ0) is 37.6. The number of nitrogens with zero attached hydrogens (tertiary/aromatic N) is 2. The first kappa shape index (κ1) is 37.3. The second kappa shape index (κ2) is 15.4.